The van der Waals surface area contributed by atoms with Crippen LogP contribution in [0.3, 0.4) is 0 Å². The zero-order valence-corrected chi connectivity index (χ0v) is 11.6. The Balaban J connectivity index is 1.84. The summed E-state index contributed by atoms with van der Waals surface area (Å²) in [6.45, 7) is 3.53. The number of ether oxygens (including phenoxy) is 1. The molecule has 3 rings (SSSR count). The summed E-state index contributed by atoms with van der Waals surface area (Å²) < 4.78 is 32.9. The molecule has 2 aliphatic rings. The molecule has 1 amide bonds. The van der Waals surface area contributed by atoms with Crippen LogP contribution in [0.1, 0.15) is 24.8 Å². The van der Waals surface area contributed by atoms with Crippen molar-refractivity contribution in [1.82, 2.24) is 4.90 Å². The van der Waals surface area contributed by atoms with Crippen molar-refractivity contribution in [2.75, 3.05) is 0 Å². The van der Waals surface area contributed by atoms with E-state index in [4.69, 9.17) is 4.74 Å². The molecule has 2 bridgehead atoms. The van der Waals surface area contributed by atoms with Gasteiger partial charge in [0.05, 0.1) is 18.2 Å². The lowest BCUT2D eigenvalue weighted by molar-refractivity contribution is -0.130. The van der Waals surface area contributed by atoms with E-state index in [-0.39, 0.29) is 36.3 Å². The van der Waals surface area contributed by atoms with Crippen molar-refractivity contribution >= 4 is 5.91 Å². The van der Waals surface area contributed by atoms with Crippen LogP contribution in [0, 0.1) is 11.6 Å². The molecule has 5 heteroatoms. The second-order valence-corrected chi connectivity index (χ2v) is 5.58. The van der Waals surface area contributed by atoms with Crippen LogP contribution in [0.2, 0.25) is 0 Å². The minimum absolute atomic E-state index is 0.00415. The highest BCUT2D eigenvalue weighted by Gasteiger charge is 2.44. The van der Waals surface area contributed by atoms with Crippen molar-refractivity contribution in [2.24, 2.45) is 0 Å². The van der Waals surface area contributed by atoms with Gasteiger partial charge in [0.2, 0.25) is 5.91 Å². The monoisotopic (exact) mass is 293 g/mol. The third-order valence-electron chi connectivity index (χ3n) is 4.28. The number of amides is 1. The Kier molecular flexibility index (Phi) is 3.76. The van der Waals surface area contributed by atoms with E-state index in [9.17, 15) is 13.6 Å². The summed E-state index contributed by atoms with van der Waals surface area (Å²) >= 11 is 0. The minimum Gasteiger partial charge on any atom is -0.373 e. The number of halogens is 2. The van der Waals surface area contributed by atoms with Crippen LogP contribution < -0.4 is 0 Å². The molecule has 3 nitrogen and oxygen atoms in total. The first-order valence-corrected chi connectivity index (χ1v) is 7.11. The van der Waals surface area contributed by atoms with E-state index in [1.807, 2.05) is 0 Å². The molecule has 0 aromatic heterocycles. The Hall–Kier alpha value is -1.75. The maximum atomic E-state index is 13.8. The first kappa shape index (κ1) is 14.2. The van der Waals surface area contributed by atoms with Crippen molar-refractivity contribution in [1.29, 1.82) is 0 Å². The van der Waals surface area contributed by atoms with Crippen molar-refractivity contribution in [3.63, 3.8) is 0 Å². The Morgan fingerprint density at radius 3 is 2.86 bits per heavy atom. The maximum absolute atomic E-state index is 13.8. The number of rotatable bonds is 4. The van der Waals surface area contributed by atoms with Crippen LogP contribution in [-0.4, -0.2) is 29.1 Å². The predicted molar refractivity (Wildman–Crippen MR) is 73.4 cm³/mol. The van der Waals surface area contributed by atoms with Crippen LogP contribution in [0.5, 0.6) is 0 Å². The summed E-state index contributed by atoms with van der Waals surface area (Å²) in [5.41, 5.74) is 0.174. The molecular formula is C16H17F2NO2. The average molecular weight is 293 g/mol. The van der Waals surface area contributed by atoms with Crippen molar-refractivity contribution < 1.29 is 18.3 Å². The van der Waals surface area contributed by atoms with Crippen LogP contribution in [0.15, 0.2) is 30.9 Å². The van der Waals surface area contributed by atoms with Gasteiger partial charge in [0.25, 0.3) is 0 Å². The van der Waals surface area contributed by atoms with Crippen molar-refractivity contribution in [3.8, 4) is 0 Å². The number of nitrogens with zero attached hydrogens (tertiary/aromatic N) is 1. The third kappa shape index (κ3) is 2.70. The normalized spacial score (nSPS) is 26.9. The molecule has 21 heavy (non-hydrogen) atoms. The summed E-state index contributed by atoms with van der Waals surface area (Å²) in [6.07, 6.45) is 4.05. The molecule has 2 fully saturated rings. The number of carbonyl (C=O) groups is 1. The van der Waals surface area contributed by atoms with E-state index in [0.717, 1.165) is 37.5 Å². The number of carbonyl (C=O) groups excluding carboxylic acids is 1. The Labute approximate surface area is 122 Å². The van der Waals surface area contributed by atoms with E-state index < -0.39 is 11.6 Å². The van der Waals surface area contributed by atoms with E-state index in [1.54, 1.807) is 4.90 Å². The zero-order chi connectivity index (χ0) is 15.0. The molecule has 2 aliphatic heterocycles. The van der Waals surface area contributed by atoms with Gasteiger partial charge in [0, 0.05) is 12.1 Å². The molecule has 0 radical (unpaired) electrons. The van der Waals surface area contributed by atoms with Gasteiger partial charge in [-0.25, -0.2) is 8.78 Å². The highest BCUT2D eigenvalue weighted by Crippen LogP contribution is 2.38. The minimum atomic E-state index is -0.512. The highest BCUT2D eigenvalue weighted by atomic mass is 19.1. The first-order valence-electron chi connectivity index (χ1n) is 7.11. The number of hydrogen-bond donors (Lipinski definition) is 0. The summed E-state index contributed by atoms with van der Waals surface area (Å²) in [4.78, 5) is 13.7. The predicted octanol–water partition coefficient (Wildman–Crippen LogP) is 2.80. The molecule has 1 aromatic carbocycles. The van der Waals surface area contributed by atoms with Crippen LogP contribution in [-0.2, 0) is 16.1 Å². The standard InChI is InChI=1S/C16H17F2NO2/c1-2-16(20)19(14-8-12-4-6-15(14)21-12)9-10-7-11(17)3-5-13(10)18/h2-3,5,7,12,14-15H,1,4,6,8-9H2/t12-,14+,15+/m0/s1. The number of benzene rings is 1. The Bertz CT molecular complexity index is 575. The molecule has 2 saturated heterocycles. The number of fused-ring (bicyclic) bond motifs is 2. The Morgan fingerprint density at radius 2 is 2.24 bits per heavy atom. The molecule has 3 atom stereocenters. The number of hydrogen-bond acceptors (Lipinski definition) is 2. The summed E-state index contributed by atoms with van der Waals surface area (Å²) in [7, 11) is 0. The average Bonchev–Trinajstić information content (AvgIpc) is 3.10. The Morgan fingerprint density at radius 1 is 1.43 bits per heavy atom. The molecule has 112 valence electrons. The summed E-state index contributed by atoms with van der Waals surface area (Å²) in [6, 6.07) is 3.20. The van der Waals surface area contributed by atoms with Crippen LogP contribution in [0.25, 0.3) is 0 Å². The van der Waals surface area contributed by atoms with Gasteiger partial charge >= 0.3 is 0 Å². The largest absolute Gasteiger partial charge is 0.373 e. The zero-order valence-electron chi connectivity index (χ0n) is 11.6. The first-order chi connectivity index (χ1) is 10.1. The van der Waals surface area contributed by atoms with Gasteiger partial charge in [0.1, 0.15) is 11.6 Å². The summed E-state index contributed by atoms with van der Waals surface area (Å²) in [5, 5.41) is 0. The topological polar surface area (TPSA) is 29.5 Å². The van der Waals surface area contributed by atoms with Gasteiger partial charge in [-0.1, -0.05) is 6.58 Å². The SMILES string of the molecule is C=CC(=O)N(Cc1cc(F)ccc1F)[C@@H]1C[C@@H]2CC[C@H]1O2. The molecule has 2 heterocycles. The second-order valence-electron chi connectivity index (χ2n) is 5.58. The smallest absolute Gasteiger partial charge is 0.246 e. The lowest BCUT2D eigenvalue weighted by Gasteiger charge is -2.32. The van der Waals surface area contributed by atoms with Crippen molar-refractivity contribution in [3.05, 3.63) is 48.1 Å². The molecule has 0 spiro atoms. The molecule has 1 aromatic rings. The van der Waals surface area contributed by atoms with Crippen LogP contribution >= 0.6 is 0 Å². The molecule has 0 aliphatic carbocycles. The maximum Gasteiger partial charge on any atom is 0.246 e. The molecule has 0 saturated carbocycles. The van der Waals surface area contributed by atoms with Gasteiger partial charge in [-0.2, -0.15) is 0 Å². The van der Waals surface area contributed by atoms with Gasteiger partial charge < -0.3 is 9.64 Å². The van der Waals surface area contributed by atoms with E-state index in [0.29, 0.717) is 0 Å². The lowest BCUT2D eigenvalue weighted by atomic mass is 9.93. The fourth-order valence-electron chi connectivity index (χ4n) is 3.26. The van der Waals surface area contributed by atoms with Crippen molar-refractivity contribution in [2.45, 2.75) is 44.1 Å². The molecular weight excluding hydrogens is 276 g/mol. The van der Waals surface area contributed by atoms with Gasteiger partial charge in [-0.15, -0.1) is 0 Å². The quantitative estimate of drug-likeness (QED) is 0.799. The fraction of sp³-hybridized carbons (Fsp3) is 0.438. The van der Waals surface area contributed by atoms with E-state index in [2.05, 4.69) is 6.58 Å². The van der Waals surface area contributed by atoms with Crippen LogP contribution in [0.4, 0.5) is 8.78 Å². The second kappa shape index (κ2) is 5.56. The van der Waals surface area contributed by atoms with E-state index in [1.165, 1.54) is 6.08 Å². The fourth-order valence-corrected chi connectivity index (χ4v) is 3.26. The summed E-state index contributed by atoms with van der Waals surface area (Å²) in [5.74, 6) is -1.30. The lowest BCUT2D eigenvalue weighted by Crippen LogP contribution is -2.44. The van der Waals surface area contributed by atoms with Gasteiger partial charge in [-0.05, 0) is 43.5 Å². The van der Waals surface area contributed by atoms with Gasteiger partial charge in [0.15, 0.2) is 0 Å². The molecule has 0 N–H and O–H groups in total. The van der Waals surface area contributed by atoms with Gasteiger partial charge in [-0.3, -0.25) is 4.79 Å². The highest BCUT2D eigenvalue weighted by molar-refractivity contribution is 5.87. The third-order valence-corrected chi connectivity index (χ3v) is 4.28. The van der Waals surface area contributed by atoms with E-state index >= 15 is 0 Å². The molecule has 0 unspecified atom stereocenters.